The van der Waals surface area contributed by atoms with E-state index in [1.54, 1.807) is 0 Å². The van der Waals surface area contributed by atoms with Gasteiger partial charge in [0.2, 0.25) is 5.88 Å². The van der Waals surface area contributed by atoms with Gasteiger partial charge in [0, 0.05) is 18.2 Å². The van der Waals surface area contributed by atoms with E-state index in [0.717, 1.165) is 46.1 Å². The van der Waals surface area contributed by atoms with Gasteiger partial charge < -0.3 is 9.47 Å². The quantitative estimate of drug-likeness (QED) is 0.622. The van der Waals surface area contributed by atoms with Gasteiger partial charge in [-0.3, -0.25) is 0 Å². The predicted octanol–water partition coefficient (Wildman–Crippen LogP) is 6.11. The average Bonchev–Trinajstić information content (AvgIpc) is 2.52. The van der Waals surface area contributed by atoms with Crippen molar-refractivity contribution in [2.45, 2.75) is 54.9 Å². The molecular weight excluding hydrogens is 298 g/mol. The van der Waals surface area contributed by atoms with E-state index in [2.05, 4.69) is 44.8 Å². The number of aryl methyl sites for hydroxylation is 4. The van der Waals surface area contributed by atoms with Crippen LogP contribution in [0.3, 0.4) is 0 Å². The van der Waals surface area contributed by atoms with Crippen molar-refractivity contribution in [3.8, 4) is 17.4 Å². The van der Waals surface area contributed by atoms with Gasteiger partial charge in [-0.05, 0) is 58.7 Å². The highest BCUT2D eigenvalue weighted by atomic mass is 16.5. The Hall–Kier alpha value is -2.29. The topological polar surface area (TPSA) is 31.4 Å². The number of hydrogen-bond donors (Lipinski definition) is 0. The van der Waals surface area contributed by atoms with Crippen molar-refractivity contribution in [2.24, 2.45) is 0 Å². The van der Waals surface area contributed by atoms with E-state index >= 15 is 0 Å². The highest BCUT2D eigenvalue weighted by Crippen LogP contribution is 2.34. The number of ether oxygens (including phenoxy) is 2. The smallest absolute Gasteiger partial charge is 0.226 e. The molecule has 0 bridgehead atoms. The Morgan fingerprint density at radius 1 is 1.04 bits per heavy atom. The third-order valence-corrected chi connectivity index (χ3v) is 4.02. The molecule has 0 fully saturated rings. The van der Waals surface area contributed by atoms with Crippen LogP contribution < -0.4 is 9.47 Å². The highest BCUT2D eigenvalue weighted by molar-refractivity contribution is 5.48. The fourth-order valence-electron chi connectivity index (χ4n) is 2.79. The molecule has 1 heterocycles. The van der Waals surface area contributed by atoms with Crippen LogP contribution in [0.25, 0.3) is 0 Å². The monoisotopic (exact) mass is 325 g/mol. The summed E-state index contributed by atoms with van der Waals surface area (Å²) in [5.74, 6) is 3.22. The second-order valence-electron chi connectivity index (χ2n) is 6.23. The second kappa shape index (κ2) is 7.52. The van der Waals surface area contributed by atoms with Crippen molar-refractivity contribution >= 4 is 0 Å². The SMILES string of the molecule is C/C=C(/CC)Oc1cc(C)nc(Oc2c(C)cc(C)cc2C)c1C. The van der Waals surface area contributed by atoms with Crippen LogP contribution in [0.4, 0.5) is 0 Å². The number of rotatable bonds is 5. The van der Waals surface area contributed by atoms with Gasteiger partial charge in [0.15, 0.2) is 0 Å². The molecule has 24 heavy (non-hydrogen) atoms. The zero-order valence-corrected chi connectivity index (χ0v) is 15.8. The molecule has 0 radical (unpaired) electrons. The van der Waals surface area contributed by atoms with Crippen molar-refractivity contribution in [3.05, 3.63) is 58.0 Å². The maximum absolute atomic E-state index is 6.19. The Labute approximate surface area is 145 Å². The number of hydrogen-bond acceptors (Lipinski definition) is 3. The lowest BCUT2D eigenvalue weighted by atomic mass is 10.1. The van der Waals surface area contributed by atoms with Crippen molar-refractivity contribution < 1.29 is 9.47 Å². The normalized spacial score (nSPS) is 11.5. The Morgan fingerprint density at radius 3 is 2.21 bits per heavy atom. The molecule has 0 aliphatic heterocycles. The number of nitrogens with zero attached hydrogens (tertiary/aromatic N) is 1. The third-order valence-electron chi connectivity index (χ3n) is 4.02. The molecule has 1 aromatic heterocycles. The molecule has 0 unspecified atom stereocenters. The van der Waals surface area contributed by atoms with E-state index in [0.29, 0.717) is 5.88 Å². The Bertz CT molecular complexity index is 753. The average molecular weight is 325 g/mol. The molecule has 1 aromatic carbocycles. The summed E-state index contributed by atoms with van der Waals surface area (Å²) in [5.41, 5.74) is 5.24. The first kappa shape index (κ1) is 18.1. The Morgan fingerprint density at radius 2 is 1.67 bits per heavy atom. The van der Waals surface area contributed by atoms with Crippen LogP contribution in [-0.4, -0.2) is 4.98 Å². The van der Waals surface area contributed by atoms with E-state index in [9.17, 15) is 0 Å². The van der Waals surface area contributed by atoms with Crippen molar-refractivity contribution in [3.63, 3.8) is 0 Å². The van der Waals surface area contributed by atoms with Gasteiger partial charge in [-0.15, -0.1) is 0 Å². The predicted molar refractivity (Wildman–Crippen MR) is 99.1 cm³/mol. The zero-order chi connectivity index (χ0) is 17.9. The first-order valence-electron chi connectivity index (χ1n) is 8.42. The van der Waals surface area contributed by atoms with E-state index in [1.165, 1.54) is 5.56 Å². The maximum Gasteiger partial charge on any atom is 0.226 e. The molecule has 2 aromatic rings. The van der Waals surface area contributed by atoms with Crippen LogP contribution in [0.5, 0.6) is 17.4 Å². The van der Waals surface area contributed by atoms with Crippen LogP contribution in [0.1, 0.15) is 48.2 Å². The third kappa shape index (κ3) is 3.97. The molecule has 0 atom stereocenters. The number of aromatic nitrogens is 1. The van der Waals surface area contributed by atoms with Crippen LogP contribution in [0, 0.1) is 34.6 Å². The maximum atomic E-state index is 6.19. The molecule has 0 amide bonds. The molecular formula is C21H27NO2. The highest BCUT2D eigenvalue weighted by Gasteiger charge is 2.14. The molecule has 0 N–H and O–H groups in total. The standard InChI is InChI=1S/C21H27NO2/c1-8-18(9-2)23-19-12-16(6)22-21(17(19)7)24-20-14(4)10-13(3)11-15(20)5/h8,10-12H,9H2,1-7H3/b18-8-. The van der Waals surface area contributed by atoms with Crippen LogP contribution in [0.15, 0.2) is 30.0 Å². The van der Waals surface area contributed by atoms with Gasteiger partial charge in [0.1, 0.15) is 11.5 Å². The Balaban J connectivity index is 2.43. The molecule has 3 heteroatoms. The van der Waals surface area contributed by atoms with Gasteiger partial charge >= 0.3 is 0 Å². The number of pyridine rings is 1. The molecule has 0 saturated carbocycles. The fourth-order valence-corrected chi connectivity index (χ4v) is 2.79. The summed E-state index contributed by atoms with van der Waals surface area (Å²) in [6.07, 6.45) is 2.84. The van der Waals surface area contributed by atoms with Gasteiger partial charge in [-0.1, -0.05) is 24.6 Å². The van der Waals surface area contributed by atoms with Gasteiger partial charge in [-0.25, -0.2) is 4.98 Å². The zero-order valence-electron chi connectivity index (χ0n) is 15.8. The summed E-state index contributed by atoms with van der Waals surface area (Å²) in [5, 5.41) is 0. The minimum absolute atomic E-state index is 0.603. The van der Waals surface area contributed by atoms with Crippen LogP contribution >= 0.6 is 0 Å². The van der Waals surface area contributed by atoms with Crippen LogP contribution in [-0.2, 0) is 0 Å². The summed E-state index contributed by atoms with van der Waals surface area (Å²) in [7, 11) is 0. The molecule has 0 spiro atoms. The first-order valence-corrected chi connectivity index (χ1v) is 8.42. The van der Waals surface area contributed by atoms with E-state index in [4.69, 9.17) is 9.47 Å². The lowest BCUT2D eigenvalue weighted by molar-refractivity contribution is 0.394. The van der Waals surface area contributed by atoms with Crippen LogP contribution in [0.2, 0.25) is 0 Å². The first-order chi connectivity index (χ1) is 11.3. The van der Waals surface area contributed by atoms with E-state index < -0.39 is 0 Å². The lowest BCUT2D eigenvalue weighted by Crippen LogP contribution is -2.01. The molecule has 2 rings (SSSR count). The summed E-state index contributed by atoms with van der Waals surface area (Å²) < 4.78 is 12.2. The van der Waals surface area contributed by atoms with Crippen molar-refractivity contribution in [1.29, 1.82) is 0 Å². The minimum Gasteiger partial charge on any atom is -0.462 e. The summed E-state index contributed by atoms with van der Waals surface area (Å²) in [6, 6.07) is 6.20. The molecule has 0 saturated heterocycles. The largest absolute Gasteiger partial charge is 0.462 e. The van der Waals surface area contributed by atoms with E-state index in [1.807, 2.05) is 32.9 Å². The Kier molecular flexibility index (Phi) is 5.66. The molecule has 3 nitrogen and oxygen atoms in total. The van der Waals surface area contributed by atoms with Gasteiger partial charge in [0.05, 0.1) is 11.3 Å². The number of benzene rings is 1. The lowest BCUT2D eigenvalue weighted by Gasteiger charge is -2.17. The summed E-state index contributed by atoms with van der Waals surface area (Å²) in [6.45, 7) is 14.2. The number of allylic oxidation sites excluding steroid dienone is 2. The van der Waals surface area contributed by atoms with Crippen molar-refractivity contribution in [2.75, 3.05) is 0 Å². The summed E-state index contributed by atoms with van der Waals surface area (Å²) in [4.78, 5) is 4.57. The van der Waals surface area contributed by atoms with Gasteiger partial charge in [-0.2, -0.15) is 0 Å². The fraction of sp³-hybridized carbons (Fsp3) is 0.381. The van der Waals surface area contributed by atoms with E-state index in [-0.39, 0.29) is 0 Å². The van der Waals surface area contributed by atoms with Crippen molar-refractivity contribution in [1.82, 2.24) is 4.98 Å². The summed E-state index contributed by atoms with van der Waals surface area (Å²) >= 11 is 0. The second-order valence-corrected chi connectivity index (χ2v) is 6.23. The minimum atomic E-state index is 0.603. The molecule has 0 aliphatic rings. The molecule has 0 aliphatic carbocycles. The molecule has 128 valence electrons. The van der Waals surface area contributed by atoms with Gasteiger partial charge in [0.25, 0.3) is 0 Å².